The summed E-state index contributed by atoms with van der Waals surface area (Å²) in [6, 6.07) is 0. The molecule has 5 heteroatoms. The van der Waals surface area contributed by atoms with Crippen LogP contribution in [0.4, 0.5) is 0 Å². The number of amides is 1. The Morgan fingerprint density at radius 2 is 2.60 bits per heavy atom. The fourth-order valence-corrected chi connectivity index (χ4v) is 0.654. The lowest BCUT2D eigenvalue weighted by atomic mass is 10.3. The molecule has 4 N–H and O–H groups in total. The molecule has 0 radical (unpaired) electrons. The van der Waals surface area contributed by atoms with Crippen LogP contribution in [-0.4, -0.2) is 21.0 Å². The quantitative estimate of drug-likeness (QED) is 0.493. The number of primary amides is 1. The highest BCUT2D eigenvalue weighted by Gasteiger charge is 2.08. The molecule has 10 heavy (non-hydrogen) atoms. The number of carbonyl (C=O) groups excluding carboxylic acids is 1. The Balaban J connectivity index is 3.01. The number of aliphatic hydroxyl groups is 1. The average molecular weight is 141 g/mol. The summed E-state index contributed by atoms with van der Waals surface area (Å²) < 4.78 is 0. The van der Waals surface area contributed by atoms with E-state index in [2.05, 4.69) is 9.97 Å². The number of nitrogens with one attached hydrogen (secondary N) is 1. The van der Waals surface area contributed by atoms with Gasteiger partial charge in [0.2, 0.25) is 0 Å². The molecule has 0 bridgehead atoms. The van der Waals surface area contributed by atoms with Gasteiger partial charge < -0.3 is 15.8 Å². The maximum Gasteiger partial charge on any atom is 0.269 e. The molecule has 0 unspecified atom stereocenters. The summed E-state index contributed by atoms with van der Waals surface area (Å²) in [7, 11) is 0. The van der Waals surface area contributed by atoms with Gasteiger partial charge in [-0.1, -0.05) is 0 Å². The summed E-state index contributed by atoms with van der Waals surface area (Å²) in [5.41, 5.74) is 5.36. The number of hydrogen-bond acceptors (Lipinski definition) is 3. The van der Waals surface area contributed by atoms with Crippen molar-refractivity contribution >= 4 is 5.91 Å². The zero-order valence-corrected chi connectivity index (χ0v) is 5.16. The normalized spacial score (nSPS) is 9.70. The molecule has 0 spiro atoms. The number of aromatic nitrogens is 2. The first-order valence-electron chi connectivity index (χ1n) is 2.68. The third kappa shape index (κ3) is 0.985. The highest BCUT2D eigenvalue weighted by atomic mass is 16.3. The molecular weight excluding hydrogens is 134 g/mol. The molecule has 0 fully saturated rings. The number of rotatable bonds is 2. The lowest BCUT2D eigenvalue weighted by Crippen LogP contribution is -2.13. The van der Waals surface area contributed by atoms with E-state index in [1.165, 1.54) is 6.33 Å². The van der Waals surface area contributed by atoms with Crippen molar-refractivity contribution in [1.82, 2.24) is 9.97 Å². The SMILES string of the molecule is NC(=O)c1nc[nH]c1CO. The third-order valence-electron chi connectivity index (χ3n) is 1.11. The Labute approximate surface area is 56.9 Å². The van der Waals surface area contributed by atoms with Gasteiger partial charge in [-0.2, -0.15) is 0 Å². The fraction of sp³-hybridized carbons (Fsp3) is 0.200. The van der Waals surface area contributed by atoms with Gasteiger partial charge in [-0.25, -0.2) is 4.98 Å². The molecule has 1 aromatic heterocycles. The van der Waals surface area contributed by atoms with E-state index in [1.54, 1.807) is 0 Å². The van der Waals surface area contributed by atoms with Crippen LogP contribution in [0.15, 0.2) is 6.33 Å². The summed E-state index contributed by atoms with van der Waals surface area (Å²) in [6.45, 7) is -0.252. The molecule has 1 heterocycles. The zero-order chi connectivity index (χ0) is 7.56. The molecule has 1 rings (SSSR count). The van der Waals surface area contributed by atoms with Gasteiger partial charge in [0.1, 0.15) is 0 Å². The molecule has 0 saturated heterocycles. The van der Waals surface area contributed by atoms with Crippen molar-refractivity contribution in [2.45, 2.75) is 6.61 Å². The van der Waals surface area contributed by atoms with E-state index in [4.69, 9.17) is 10.8 Å². The van der Waals surface area contributed by atoms with Gasteiger partial charge in [-0.15, -0.1) is 0 Å². The van der Waals surface area contributed by atoms with Crippen molar-refractivity contribution in [3.8, 4) is 0 Å². The largest absolute Gasteiger partial charge is 0.390 e. The smallest absolute Gasteiger partial charge is 0.269 e. The lowest BCUT2D eigenvalue weighted by molar-refractivity contribution is 0.0993. The monoisotopic (exact) mass is 141 g/mol. The predicted molar refractivity (Wildman–Crippen MR) is 33.0 cm³/mol. The Kier molecular flexibility index (Phi) is 1.68. The van der Waals surface area contributed by atoms with E-state index in [9.17, 15) is 4.79 Å². The first-order chi connectivity index (χ1) is 4.75. The summed E-state index contributed by atoms with van der Waals surface area (Å²) in [5, 5.41) is 8.58. The second-order valence-corrected chi connectivity index (χ2v) is 1.75. The minimum atomic E-state index is -0.634. The van der Waals surface area contributed by atoms with E-state index in [0.29, 0.717) is 5.69 Å². The van der Waals surface area contributed by atoms with Crippen molar-refractivity contribution in [2.75, 3.05) is 0 Å². The molecule has 0 aliphatic heterocycles. The minimum Gasteiger partial charge on any atom is -0.390 e. The molecule has 54 valence electrons. The summed E-state index contributed by atoms with van der Waals surface area (Å²) >= 11 is 0. The van der Waals surface area contributed by atoms with Gasteiger partial charge in [0.25, 0.3) is 5.91 Å². The summed E-state index contributed by atoms with van der Waals surface area (Å²) in [6.07, 6.45) is 1.31. The number of aromatic amines is 1. The highest BCUT2D eigenvalue weighted by Crippen LogP contribution is 1.99. The summed E-state index contributed by atoms with van der Waals surface area (Å²) in [4.78, 5) is 16.6. The average Bonchev–Trinajstić information content (AvgIpc) is 2.33. The number of nitrogens with zero attached hydrogens (tertiary/aromatic N) is 1. The van der Waals surface area contributed by atoms with Crippen LogP contribution in [0.5, 0.6) is 0 Å². The van der Waals surface area contributed by atoms with Crippen molar-refractivity contribution in [3.05, 3.63) is 17.7 Å². The van der Waals surface area contributed by atoms with E-state index in [0.717, 1.165) is 0 Å². The van der Waals surface area contributed by atoms with E-state index >= 15 is 0 Å². The zero-order valence-electron chi connectivity index (χ0n) is 5.16. The predicted octanol–water partition coefficient (Wildman–Crippen LogP) is -0.999. The maximum atomic E-state index is 10.5. The van der Waals surface area contributed by atoms with E-state index in [-0.39, 0.29) is 12.3 Å². The number of carbonyl (C=O) groups is 1. The number of H-pyrrole nitrogens is 1. The van der Waals surface area contributed by atoms with Crippen LogP contribution in [-0.2, 0) is 6.61 Å². The number of hydrogen-bond donors (Lipinski definition) is 3. The van der Waals surface area contributed by atoms with Crippen LogP contribution in [0.2, 0.25) is 0 Å². The van der Waals surface area contributed by atoms with Crippen molar-refractivity contribution in [2.24, 2.45) is 5.73 Å². The number of nitrogens with two attached hydrogens (primary N) is 1. The van der Waals surface area contributed by atoms with Crippen LogP contribution >= 0.6 is 0 Å². The van der Waals surface area contributed by atoms with Gasteiger partial charge in [-0.05, 0) is 0 Å². The van der Waals surface area contributed by atoms with Gasteiger partial charge in [-0.3, -0.25) is 4.79 Å². The Hall–Kier alpha value is -1.36. The van der Waals surface area contributed by atoms with Gasteiger partial charge in [0.05, 0.1) is 18.6 Å². The second kappa shape index (κ2) is 2.49. The molecule has 0 saturated carbocycles. The van der Waals surface area contributed by atoms with E-state index in [1.807, 2.05) is 0 Å². The number of imidazole rings is 1. The van der Waals surface area contributed by atoms with Gasteiger partial charge in [0, 0.05) is 0 Å². The molecule has 1 aromatic rings. The summed E-state index contributed by atoms with van der Waals surface area (Å²) in [5.74, 6) is -0.634. The van der Waals surface area contributed by atoms with E-state index < -0.39 is 5.91 Å². The first-order valence-corrected chi connectivity index (χ1v) is 2.68. The molecule has 1 amide bonds. The van der Waals surface area contributed by atoms with Crippen LogP contribution < -0.4 is 5.73 Å². The first kappa shape index (κ1) is 6.76. The fourth-order valence-electron chi connectivity index (χ4n) is 0.654. The Bertz CT molecular complexity index is 243. The maximum absolute atomic E-state index is 10.5. The van der Waals surface area contributed by atoms with Crippen LogP contribution in [0, 0.1) is 0 Å². The van der Waals surface area contributed by atoms with Crippen molar-refractivity contribution in [3.63, 3.8) is 0 Å². The Morgan fingerprint density at radius 3 is 3.00 bits per heavy atom. The standard InChI is InChI=1S/C5H7N3O2/c6-5(10)4-3(1-9)7-2-8-4/h2,9H,1H2,(H2,6,10)(H,7,8). The second-order valence-electron chi connectivity index (χ2n) is 1.75. The Morgan fingerprint density at radius 1 is 1.90 bits per heavy atom. The van der Waals surface area contributed by atoms with Crippen LogP contribution in [0.25, 0.3) is 0 Å². The lowest BCUT2D eigenvalue weighted by Gasteiger charge is -1.90. The molecule has 0 aliphatic rings. The molecule has 0 atom stereocenters. The molecule has 0 aromatic carbocycles. The minimum absolute atomic E-state index is 0.0995. The van der Waals surface area contributed by atoms with Gasteiger partial charge >= 0.3 is 0 Å². The molecule has 0 aliphatic carbocycles. The van der Waals surface area contributed by atoms with Crippen LogP contribution in [0.3, 0.4) is 0 Å². The number of aliphatic hydroxyl groups excluding tert-OH is 1. The van der Waals surface area contributed by atoms with Crippen molar-refractivity contribution in [1.29, 1.82) is 0 Å². The molecular formula is C5H7N3O2. The molecule has 5 nitrogen and oxygen atoms in total. The highest BCUT2D eigenvalue weighted by molar-refractivity contribution is 5.91. The topological polar surface area (TPSA) is 92.0 Å². The van der Waals surface area contributed by atoms with Crippen LogP contribution in [0.1, 0.15) is 16.2 Å². The van der Waals surface area contributed by atoms with Gasteiger partial charge in [0.15, 0.2) is 5.69 Å². The van der Waals surface area contributed by atoms with Crippen molar-refractivity contribution < 1.29 is 9.90 Å². The third-order valence-corrected chi connectivity index (χ3v) is 1.11.